The molecule has 182 valence electrons. The largest absolute Gasteiger partial charge is 0.365 e. The monoisotopic (exact) mass is 484 g/mol. The van der Waals surface area contributed by atoms with Crippen LogP contribution in [0.5, 0.6) is 0 Å². The first kappa shape index (κ1) is 24.6. The van der Waals surface area contributed by atoms with Crippen molar-refractivity contribution in [2.24, 2.45) is 0 Å². The van der Waals surface area contributed by atoms with Gasteiger partial charge in [0.2, 0.25) is 0 Å². The maximum Gasteiger partial charge on any atom is 0.257 e. The van der Waals surface area contributed by atoms with Crippen LogP contribution in [0.15, 0.2) is 30.5 Å². The number of nitrogens with zero attached hydrogens (tertiary/aromatic N) is 3. The summed E-state index contributed by atoms with van der Waals surface area (Å²) in [6.07, 6.45) is 3.29. The van der Waals surface area contributed by atoms with Gasteiger partial charge in [0.05, 0.1) is 5.56 Å². The molecule has 3 heterocycles. The molecule has 2 fully saturated rings. The summed E-state index contributed by atoms with van der Waals surface area (Å²) in [5.41, 5.74) is 3.42. The molecule has 0 unspecified atom stereocenters. The Bertz CT molecular complexity index is 1070. The zero-order valence-corrected chi connectivity index (χ0v) is 21.1. The molecule has 2 aliphatic rings. The number of halogens is 1. The molecule has 0 spiro atoms. The molecular formula is C26H33ClN4O3. The van der Waals surface area contributed by atoms with Gasteiger partial charge < -0.3 is 15.0 Å². The summed E-state index contributed by atoms with van der Waals surface area (Å²) >= 11 is 6.42. The molecule has 2 amide bonds. The van der Waals surface area contributed by atoms with Crippen molar-refractivity contribution < 1.29 is 14.3 Å². The molecular weight excluding hydrogens is 452 g/mol. The Morgan fingerprint density at radius 3 is 2.71 bits per heavy atom. The Morgan fingerprint density at radius 2 is 2.06 bits per heavy atom. The lowest BCUT2D eigenvalue weighted by Gasteiger charge is -2.42. The van der Waals surface area contributed by atoms with Crippen LogP contribution < -0.4 is 5.32 Å². The van der Waals surface area contributed by atoms with E-state index in [1.165, 1.54) is 0 Å². The summed E-state index contributed by atoms with van der Waals surface area (Å²) in [5, 5.41) is 3.56. The molecule has 2 aromatic rings. The maximum absolute atomic E-state index is 13.1. The molecule has 34 heavy (non-hydrogen) atoms. The lowest BCUT2D eigenvalue weighted by molar-refractivity contribution is -0.155. The number of aromatic nitrogens is 1. The van der Waals surface area contributed by atoms with Crippen LogP contribution >= 0.6 is 11.6 Å². The van der Waals surface area contributed by atoms with Crippen LogP contribution in [0, 0.1) is 13.8 Å². The van der Waals surface area contributed by atoms with Gasteiger partial charge in [0.25, 0.3) is 11.8 Å². The summed E-state index contributed by atoms with van der Waals surface area (Å²) in [6, 6.07) is 7.40. The minimum absolute atomic E-state index is 0.0926. The Hall–Kier alpha value is -2.48. The Kier molecular flexibility index (Phi) is 7.26. The molecule has 1 aromatic heterocycles. The topological polar surface area (TPSA) is 74.8 Å². The summed E-state index contributed by atoms with van der Waals surface area (Å²) in [6.45, 7) is 11.5. The van der Waals surface area contributed by atoms with Crippen molar-refractivity contribution >= 4 is 29.1 Å². The third-order valence-corrected chi connectivity index (χ3v) is 7.16. The summed E-state index contributed by atoms with van der Waals surface area (Å²) in [4.78, 5) is 34.3. The van der Waals surface area contributed by atoms with E-state index in [-0.39, 0.29) is 17.9 Å². The average molecular weight is 485 g/mol. The van der Waals surface area contributed by atoms with E-state index in [4.69, 9.17) is 16.3 Å². The normalized spacial score (nSPS) is 23.2. The Labute approximate surface area is 206 Å². The van der Waals surface area contributed by atoms with Gasteiger partial charge in [0.1, 0.15) is 5.60 Å². The number of amides is 2. The number of benzene rings is 1. The van der Waals surface area contributed by atoms with Crippen molar-refractivity contribution in [2.45, 2.75) is 58.7 Å². The zero-order chi connectivity index (χ0) is 24.5. The Balaban J connectivity index is 1.43. The second-order valence-electron chi connectivity index (χ2n) is 9.65. The minimum atomic E-state index is -0.681. The number of hydrogen-bond donors (Lipinski definition) is 1. The van der Waals surface area contributed by atoms with Crippen molar-refractivity contribution in [3.63, 3.8) is 0 Å². The molecule has 0 bridgehead atoms. The van der Waals surface area contributed by atoms with Gasteiger partial charge >= 0.3 is 0 Å². The molecule has 0 radical (unpaired) electrons. The second-order valence-corrected chi connectivity index (χ2v) is 10.1. The lowest BCUT2D eigenvalue weighted by atomic mass is 9.99. The number of aryl methyl sites for hydroxylation is 1. The molecule has 2 saturated heterocycles. The van der Waals surface area contributed by atoms with Crippen LogP contribution in [0.2, 0.25) is 5.02 Å². The first-order chi connectivity index (χ1) is 16.2. The third kappa shape index (κ3) is 5.27. The number of ether oxygens (including phenoxy) is 1. The predicted molar refractivity (Wildman–Crippen MR) is 133 cm³/mol. The number of nitrogens with one attached hydrogen (secondary N) is 1. The standard InChI is InChI=1S/C26H33ClN4O3/c1-17-6-7-20(14-28-17)24(32)29-23-13-22(27)12-21(19(23)3)16-30-9-10-31(18(2)15-30)25(33)26(4)8-5-11-34-26/h6-7,12-14,18H,5,8-11,15-16H2,1-4H3,(H,29,32)/t18-,26-/m0/s1. The minimum Gasteiger partial charge on any atom is -0.365 e. The first-order valence-corrected chi connectivity index (χ1v) is 12.2. The number of pyridine rings is 1. The SMILES string of the molecule is Cc1ccc(C(=O)Nc2cc(Cl)cc(CN3CCN(C(=O)[C@]4(C)CCCO4)[C@@H](C)C3)c2C)cn1. The average Bonchev–Trinajstić information content (AvgIpc) is 3.25. The van der Waals surface area contributed by atoms with E-state index in [2.05, 4.69) is 22.1 Å². The number of piperazine rings is 1. The molecule has 2 atom stereocenters. The van der Waals surface area contributed by atoms with Crippen LogP contribution in [-0.2, 0) is 16.1 Å². The van der Waals surface area contributed by atoms with Crippen LogP contribution in [0.25, 0.3) is 0 Å². The highest BCUT2D eigenvalue weighted by atomic mass is 35.5. The third-order valence-electron chi connectivity index (χ3n) is 6.94. The number of rotatable bonds is 5. The molecule has 7 nitrogen and oxygen atoms in total. The van der Waals surface area contributed by atoms with Gasteiger partial charge in [-0.25, -0.2) is 0 Å². The van der Waals surface area contributed by atoms with Gasteiger partial charge in [-0.15, -0.1) is 0 Å². The van der Waals surface area contributed by atoms with Gasteiger partial charge in [0.15, 0.2) is 0 Å². The van der Waals surface area contributed by atoms with Crippen molar-refractivity contribution in [1.82, 2.24) is 14.8 Å². The van der Waals surface area contributed by atoms with Crippen LogP contribution in [-0.4, -0.2) is 64.5 Å². The molecule has 4 rings (SSSR count). The van der Waals surface area contributed by atoms with Crippen molar-refractivity contribution in [1.29, 1.82) is 0 Å². The number of carbonyl (C=O) groups excluding carboxylic acids is 2. The van der Waals surface area contributed by atoms with Crippen LogP contribution in [0.4, 0.5) is 5.69 Å². The van der Waals surface area contributed by atoms with E-state index < -0.39 is 5.60 Å². The van der Waals surface area contributed by atoms with Crippen molar-refractivity contribution in [3.8, 4) is 0 Å². The highest BCUT2D eigenvalue weighted by Crippen LogP contribution is 2.30. The zero-order valence-electron chi connectivity index (χ0n) is 20.4. The molecule has 1 N–H and O–H groups in total. The van der Waals surface area contributed by atoms with Gasteiger partial charge in [-0.3, -0.25) is 19.5 Å². The van der Waals surface area contributed by atoms with E-state index in [1.54, 1.807) is 18.3 Å². The van der Waals surface area contributed by atoms with Crippen molar-refractivity contribution in [3.05, 3.63) is 57.9 Å². The van der Waals surface area contributed by atoms with Gasteiger partial charge in [-0.05, 0) is 75.9 Å². The fraction of sp³-hybridized carbons (Fsp3) is 0.500. The molecule has 2 aliphatic heterocycles. The quantitative estimate of drug-likeness (QED) is 0.688. The highest BCUT2D eigenvalue weighted by molar-refractivity contribution is 6.31. The number of carbonyl (C=O) groups is 2. The molecule has 1 aromatic carbocycles. The van der Waals surface area contributed by atoms with Gasteiger partial charge in [0, 0.05) is 61.4 Å². The van der Waals surface area contributed by atoms with Gasteiger partial charge in [-0.2, -0.15) is 0 Å². The molecule has 0 saturated carbocycles. The summed E-state index contributed by atoms with van der Waals surface area (Å²) < 4.78 is 5.78. The summed E-state index contributed by atoms with van der Waals surface area (Å²) in [7, 11) is 0. The number of anilines is 1. The van der Waals surface area contributed by atoms with Crippen molar-refractivity contribution in [2.75, 3.05) is 31.6 Å². The lowest BCUT2D eigenvalue weighted by Crippen LogP contribution is -2.58. The van der Waals surface area contributed by atoms with E-state index in [1.807, 2.05) is 37.8 Å². The highest BCUT2D eigenvalue weighted by Gasteiger charge is 2.43. The fourth-order valence-corrected chi connectivity index (χ4v) is 5.04. The first-order valence-electron chi connectivity index (χ1n) is 11.9. The maximum atomic E-state index is 13.1. The van der Waals surface area contributed by atoms with Gasteiger partial charge in [-0.1, -0.05) is 11.6 Å². The predicted octanol–water partition coefficient (Wildman–Crippen LogP) is 4.21. The van der Waals surface area contributed by atoms with E-state index in [9.17, 15) is 9.59 Å². The van der Waals surface area contributed by atoms with E-state index >= 15 is 0 Å². The van der Waals surface area contributed by atoms with E-state index in [0.29, 0.717) is 36.0 Å². The van der Waals surface area contributed by atoms with E-state index in [0.717, 1.165) is 42.8 Å². The molecule has 0 aliphatic carbocycles. The number of hydrogen-bond acceptors (Lipinski definition) is 5. The summed E-state index contributed by atoms with van der Waals surface area (Å²) in [5.74, 6) is -0.112. The molecule has 8 heteroatoms. The fourth-order valence-electron chi connectivity index (χ4n) is 4.80. The van der Waals surface area contributed by atoms with Crippen LogP contribution in [0.1, 0.15) is 53.9 Å². The second kappa shape index (κ2) is 10.0. The smallest absolute Gasteiger partial charge is 0.257 e. The Morgan fingerprint density at radius 1 is 1.26 bits per heavy atom. The van der Waals surface area contributed by atoms with Crippen LogP contribution in [0.3, 0.4) is 0 Å².